The average Bonchev–Trinajstić information content (AvgIpc) is 3.15. The highest BCUT2D eigenvalue weighted by Gasteiger charge is 2.15. The molecule has 0 aliphatic rings. The summed E-state index contributed by atoms with van der Waals surface area (Å²) in [5, 5.41) is 12.1. The molecule has 5 nitrogen and oxygen atoms in total. The van der Waals surface area contributed by atoms with Crippen molar-refractivity contribution in [2.24, 2.45) is 0 Å². The van der Waals surface area contributed by atoms with Crippen molar-refractivity contribution >= 4 is 22.7 Å². The predicted octanol–water partition coefficient (Wildman–Crippen LogP) is 6.06. The number of ether oxygens (including phenoxy) is 1. The molecule has 0 bridgehead atoms. The molecule has 1 heterocycles. The molecule has 0 spiro atoms. The zero-order valence-corrected chi connectivity index (χ0v) is 18.3. The number of rotatable bonds is 5. The van der Waals surface area contributed by atoms with Gasteiger partial charge in [0.2, 0.25) is 0 Å². The van der Waals surface area contributed by atoms with Crippen LogP contribution in [-0.2, 0) is 16.8 Å². The lowest BCUT2D eigenvalue weighted by atomic mass is 9.86. The third-order valence-electron chi connectivity index (χ3n) is 5.27. The molecule has 31 heavy (non-hydrogen) atoms. The maximum atomic E-state index is 11.2. The Morgan fingerprint density at radius 1 is 1.03 bits per heavy atom. The standard InChI is InChI=1S/C26H27N3O2/c1-17(30)31-21-8-5-7-18(15-21)16-27-25-24-22(9-6-10-23(24)28-29-25)19-11-13-20(14-12-19)26(2,3)4/h5-15H,16H2,1-4H3,(H2,27,28,29). The quantitative estimate of drug-likeness (QED) is 0.308. The second-order valence-electron chi connectivity index (χ2n) is 8.72. The van der Waals surface area contributed by atoms with E-state index < -0.39 is 0 Å². The van der Waals surface area contributed by atoms with E-state index in [4.69, 9.17) is 4.74 Å². The van der Waals surface area contributed by atoms with Gasteiger partial charge in [0.05, 0.1) is 10.9 Å². The molecule has 5 heteroatoms. The fourth-order valence-corrected chi connectivity index (χ4v) is 3.66. The van der Waals surface area contributed by atoms with E-state index in [0.29, 0.717) is 12.3 Å². The summed E-state index contributed by atoms with van der Waals surface area (Å²) in [5.41, 5.74) is 5.69. The number of fused-ring (bicyclic) bond motifs is 1. The van der Waals surface area contributed by atoms with Crippen LogP contribution >= 0.6 is 0 Å². The van der Waals surface area contributed by atoms with Crippen molar-refractivity contribution in [3.05, 3.63) is 77.9 Å². The SMILES string of the molecule is CC(=O)Oc1cccc(CNc2n[nH]c3cccc(-c4ccc(C(C)(C)C)cc4)c23)c1. The maximum Gasteiger partial charge on any atom is 0.308 e. The first-order valence-corrected chi connectivity index (χ1v) is 10.4. The van der Waals surface area contributed by atoms with Gasteiger partial charge in [0.1, 0.15) is 5.75 Å². The molecule has 3 aromatic carbocycles. The van der Waals surface area contributed by atoms with Crippen LogP contribution in [0.5, 0.6) is 5.75 Å². The van der Waals surface area contributed by atoms with Gasteiger partial charge in [-0.2, -0.15) is 5.10 Å². The molecule has 0 saturated carbocycles. The summed E-state index contributed by atoms with van der Waals surface area (Å²) < 4.78 is 5.18. The van der Waals surface area contributed by atoms with E-state index in [1.807, 2.05) is 30.3 Å². The van der Waals surface area contributed by atoms with E-state index in [1.165, 1.54) is 12.5 Å². The Bertz CT molecular complexity index is 1220. The molecule has 1 aromatic heterocycles. The van der Waals surface area contributed by atoms with Crippen molar-refractivity contribution in [1.29, 1.82) is 0 Å². The molecular formula is C26H27N3O2. The molecule has 0 aliphatic carbocycles. The highest BCUT2D eigenvalue weighted by Crippen LogP contribution is 2.34. The molecule has 0 unspecified atom stereocenters. The number of carbonyl (C=O) groups is 1. The largest absolute Gasteiger partial charge is 0.427 e. The number of nitrogens with zero attached hydrogens (tertiary/aromatic N) is 1. The van der Waals surface area contributed by atoms with Crippen LogP contribution in [-0.4, -0.2) is 16.2 Å². The maximum absolute atomic E-state index is 11.2. The van der Waals surface area contributed by atoms with Gasteiger partial charge >= 0.3 is 5.97 Å². The van der Waals surface area contributed by atoms with E-state index in [-0.39, 0.29) is 11.4 Å². The summed E-state index contributed by atoms with van der Waals surface area (Å²) >= 11 is 0. The topological polar surface area (TPSA) is 67.0 Å². The van der Waals surface area contributed by atoms with Crippen molar-refractivity contribution < 1.29 is 9.53 Å². The van der Waals surface area contributed by atoms with Crippen molar-refractivity contribution in [1.82, 2.24) is 10.2 Å². The minimum absolute atomic E-state index is 0.119. The number of nitrogens with one attached hydrogen (secondary N) is 2. The Balaban J connectivity index is 1.63. The van der Waals surface area contributed by atoms with Crippen LogP contribution in [0.1, 0.15) is 38.8 Å². The van der Waals surface area contributed by atoms with Crippen molar-refractivity contribution in [3.63, 3.8) is 0 Å². The monoisotopic (exact) mass is 413 g/mol. The van der Waals surface area contributed by atoms with E-state index >= 15 is 0 Å². The Morgan fingerprint density at radius 2 is 1.77 bits per heavy atom. The molecule has 0 fully saturated rings. The number of hydrogen-bond acceptors (Lipinski definition) is 4. The van der Waals surface area contributed by atoms with Crippen molar-refractivity contribution in [2.45, 2.75) is 39.7 Å². The van der Waals surface area contributed by atoms with Crippen LogP contribution in [0.2, 0.25) is 0 Å². The van der Waals surface area contributed by atoms with Crippen LogP contribution in [0.15, 0.2) is 66.7 Å². The molecule has 0 radical (unpaired) electrons. The van der Waals surface area contributed by atoms with Crippen LogP contribution < -0.4 is 10.1 Å². The summed E-state index contributed by atoms with van der Waals surface area (Å²) in [6.07, 6.45) is 0. The van der Waals surface area contributed by atoms with Crippen LogP contribution in [0.25, 0.3) is 22.0 Å². The van der Waals surface area contributed by atoms with Crippen LogP contribution in [0.4, 0.5) is 5.82 Å². The van der Waals surface area contributed by atoms with Crippen molar-refractivity contribution in [2.75, 3.05) is 5.32 Å². The predicted molar refractivity (Wildman–Crippen MR) is 125 cm³/mol. The Kier molecular flexibility index (Phi) is 5.51. The van der Waals surface area contributed by atoms with E-state index in [9.17, 15) is 4.79 Å². The molecule has 4 rings (SSSR count). The minimum atomic E-state index is -0.328. The number of carbonyl (C=O) groups excluding carboxylic acids is 1. The zero-order valence-electron chi connectivity index (χ0n) is 18.3. The molecule has 0 amide bonds. The summed E-state index contributed by atoms with van der Waals surface area (Å²) in [5.74, 6) is 1.01. The highest BCUT2D eigenvalue weighted by molar-refractivity contribution is 6.02. The molecule has 4 aromatic rings. The zero-order chi connectivity index (χ0) is 22.0. The van der Waals surface area contributed by atoms with E-state index in [1.54, 1.807) is 6.07 Å². The third kappa shape index (κ3) is 4.61. The second kappa shape index (κ2) is 8.26. The number of benzene rings is 3. The highest BCUT2D eigenvalue weighted by atomic mass is 16.5. The number of H-pyrrole nitrogens is 1. The minimum Gasteiger partial charge on any atom is -0.427 e. The van der Waals surface area contributed by atoms with E-state index in [0.717, 1.165) is 33.4 Å². The first kappa shape index (κ1) is 20.7. The van der Waals surface area contributed by atoms with Gasteiger partial charge in [-0.25, -0.2) is 0 Å². The molecular weight excluding hydrogens is 386 g/mol. The van der Waals surface area contributed by atoms with Gasteiger partial charge in [0, 0.05) is 13.5 Å². The van der Waals surface area contributed by atoms with Gasteiger partial charge in [-0.05, 0) is 45.9 Å². The fraction of sp³-hybridized carbons (Fsp3) is 0.231. The fourth-order valence-electron chi connectivity index (χ4n) is 3.66. The summed E-state index contributed by atoms with van der Waals surface area (Å²) in [7, 11) is 0. The molecule has 0 saturated heterocycles. The molecule has 2 N–H and O–H groups in total. The number of anilines is 1. The van der Waals surface area contributed by atoms with Gasteiger partial charge in [-0.3, -0.25) is 9.89 Å². The first-order valence-electron chi connectivity index (χ1n) is 10.4. The third-order valence-corrected chi connectivity index (χ3v) is 5.27. The van der Waals surface area contributed by atoms with Gasteiger partial charge in [0.15, 0.2) is 5.82 Å². The number of aromatic nitrogens is 2. The van der Waals surface area contributed by atoms with Gasteiger partial charge < -0.3 is 10.1 Å². The summed E-state index contributed by atoms with van der Waals surface area (Å²) in [6, 6.07) is 22.4. The lowest BCUT2D eigenvalue weighted by Gasteiger charge is -2.19. The summed E-state index contributed by atoms with van der Waals surface area (Å²) in [6.45, 7) is 8.62. The number of aromatic amines is 1. The number of hydrogen-bond donors (Lipinski definition) is 2. The van der Waals surface area contributed by atoms with Crippen LogP contribution in [0.3, 0.4) is 0 Å². The second-order valence-corrected chi connectivity index (χ2v) is 8.72. The summed E-state index contributed by atoms with van der Waals surface area (Å²) in [4.78, 5) is 11.2. The first-order chi connectivity index (χ1) is 14.8. The number of esters is 1. The van der Waals surface area contributed by atoms with Crippen LogP contribution in [0, 0.1) is 0 Å². The lowest BCUT2D eigenvalue weighted by Crippen LogP contribution is -2.10. The smallest absolute Gasteiger partial charge is 0.308 e. The van der Waals surface area contributed by atoms with Gasteiger partial charge in [-0.1, -0.05) is 69.3 Å². The Hall–Kier alpha value is -3.60. The van der Waals surface area contributed by atoms with Gasteiger partial charge in [-0.15, -0.1) is 0 Å². The molecule has 158 valence electrons. The Morgan fingerprint density at radius 3 is 2.48 bits per heavy atom. The Labute approximate surface area is 182 Å². The van der Waals surface area contributed by atoms with Crippen molar-refractivity contribution in [3.8, 4) is 16.9 Å². The normalized spacial score (nSPS) is 11.5. The molecule has 0 atom stereocenters. The van der Waals surface area contributed by atoms with Gasteiger partial charge in [0.25, 0.3) is 0 Å². The lowest BCUT2D eigenvalue weighted by molar-refractivity contribution is -0.131. The van der Waals surface area contributed by atoms with E-state index in [2.05, 4.69) is 66.6 Å². The molecule has 0 aliphatic heterocycles. The average molecular weight is 414 g/mol.